The summed E-state index contributed by atoms with van der Waals surface area (Å²) in [5.74, 6) is -0.519. The molecule has 0 heterocycles. The molecule has 5 nitrogen and oxygen atoms in total. The second-order valence-corrected chi connectivity index (χ2v) is 8.21. The first kappa shape index (κ1) is 19.6. The Balaban J connectivity index is 2.22. The predicted octanol–water partition coefficient (Wildman–Crippen LogP) is 3.96. The van der Waals surface area contributed by atoms with Crippen molar-refractivity contribution in [2.75, 3.05) is 22.4 Å². The number of anilines is 2. The maximum atomic E-state index is 12.3. The second kappa shape index (κ2) is 8.08. The van der Waals surface area contributed by atoms with E-state index in [-0.39, 0.29) is 6.54 Å². The van der Waals surface area contributed by atoms with E-state index in [0.717, 1.165) is 22.5 Å². The first-order chi connectivity index (χ1) is 11.7. The summed E-state index contributed by atoms with van der Waals surface area (Å²) < 4.78 is 25.2. The summed E-state index contributed by atoms with van der Waals surface area (Å²) in [4.78, 5) is 12.3. The van der Waals surface area contributed by atoms with Crippen LogP contribution < -0.4 is 9.62 Å². The third kappa shape index (κ3) is 5.36. The fraction of sp³-hybridized carbons (Fsp3) is 0.235. The number of nitrogens with zero attached hydrogens (tertiary/aromatic N) is 1. The van der Waals surface area contributed by atoms with E-state index in [1.807, 2.05) is 19.1 Å². The van der Waals surface area contributed by atoms with Gasteiger partial charge in [-0.3, -0.25) is 9.10 Å². The van der Waals surface area contributed by atoms with E-state index < -0.39 is 15.9 Å². The molecule has 0 aromatic heterocycles. The zero-order chi connectivity index (χ0) is 18.6. The van der Waals surface area contributed by atoms with Gasteiger partial charge in [-0.1, -0.05) is 42.3 Å². The fourth-order valence-electron chi connectivity index (χ4n) is 2.21. The summed E-state index contributed by atoms with van der Waals surface area (Å²) in [5.41, 5.74) is 1.83. The van der Waals surface area contributed by atoms with Gasteiger partial charge in [-0.25, -0.2) is 8.42 Å². The van der Waals surface area contributed by atoms with Gasteiger partial charge in [-0.2, -0.15) is 0 Å². The summed E-state index contributed by atoms with van der Waals surface area (Å²) in [5, 5.41) is 3.31. The van der Waals surface area contributed by atoms with Gasteiger partial charge in [0.1, 0.15) is 6.54 Å². The molecule has 0 aliphatic carbocycles. The molecule has 0 aliphatic rings. The third-order valence-corrected chi connectivity index (χ3v) is 5.23. The van der Waals surface area contributed by atoms with Crippen LogP contribution >= 0.6 is 23.2 Å². The Labute approximate surface area is 157 Å². The van der Waals surface area contributed by atoms with E-state index in [4.69, 9.17) is 23.2 Å². The highest BCUT2D eigenvalue weighted by molar-refractivity contribution is 7.92. The van der Waals surface area contributed by atoms with Crippen molar-refractivity contribution in [1.82, 2.24) is 0 Å². The van der Waals surface area contributed by atoms with Gasteiger partial charge in [-0.15, -0.1) is 0 Å². The first-order valence-electron chi connectivity index (χ1n) is 7.52. The standard InChI is InChI=1S/C17H18Cl2N2O3S/c1-3-12-4-7-14(8-5-12)21(25(2,23)24)11-17(22)20-16-10-13(18)6-9-15(16)19/h4-10H,3,11H2,1-2H3,(H,20,22). The van der Waals surface area contributed by atoms with Crippen LogP contribution in [0.4, 0.5) is 11.4 Å². The van der Waals surface area contributed by atoms with E-state index in [9.17, 15) is 13.2 Å². The molecule has 0 aliphatic heterocycles. The minimum atomic E-state index is -3.63. The molecule has 0 radical (unpaired) electrons. The number of carbonyl (C=O) groups is 1. The van der Waals surface area contributed by atoms with Crippen LogP contribution in [0.5, 0.6) is 0 Å². The summed E-state index contributed by atoms with van der Waals surface area (Å²) in [6.07, 6.45) is 1.90. The quantitative estimate of drug-likeness (QED) is 0.797. The van der Waals surface area contributed by atoms with Crippen molar-refractivity contribution in [3.63, 3.8) is 0 Å². The lowest BCUT2D eigenvalue weighted by atomic mass is 10.1. The number of nitrogens with one attached hydrogen (secondary N) is 1. The lowest BCUT2D eigenvalue weighted by Crippen LogP contribution is -2.37. The fourth-order valence-corrected chi connectivity index (χ4v) is 3.40. The van der Waals surface area contributed by atoms with Gasteiger partial charge in [0, 0.05) is 5.02 Å². The molecule has 0 spiro atoms. The SMILES string of the molecule is CCc1ccc(N(CC(=O)Nc2cc(Cl)ccc2Cl)S(C)(=O)=O)cc1. The topological polar surface area (TPSA) is 66.5 Å². The maximum Gasteiger partial charge on any atom is 0.245 e. The summed E-state index contributed by atoms with van der Waals surface area (Å²) in [6, 6.07) is 11.7. The molecule has 2 rings (SSSR count). The normalized spacial score (nSPS) is 11.2. The molecule has 2 aromatic rings. The molecule has 134 valence electrons. The van der Waals surface area contributed by atoms with Crippen molar-refractivity contribution in [2.24, 2.45) is 0 Å². The van der Waals surface area contributed by atoms with Crippen LogP contribution in [0.1, 0.15) is 12.5 Å². The Morgan fingerprint density at radius 3 is 2.32 bits per heavy atom. The van der Waals surface area contributed by atoms with Crippen molar-refractivity contribution in [1.29, 1.82) is 0 Å². The van der Waals surface area contributed by atoms with Gasteiger partial charge in [0.05, 0.1) is 22.7 Å². The average Bonchev–Trinajstić information content (AvgIpc) is 2.55. The van der Waals surface area contributed by atoms with Gasteiger partial charge in [0.15, 0.2) is 0 Å². The van der Waals surface area contributed by atoms with Gasteiger partial charge in [-0.05, 0) is 42.3 Å². The van der Waals surface area contributed by atoms with E-state index in [0.29, 0.717) is 21.4 Å². The highest BCUT2D eigenvalue weighted by Crippen LogP contribution is 2.26. The Bertz CT molecular complexity index is 868. The van der Waals surface area contributed by atoms with Crippen molar-refractivity contribution < 1.29 is 13.2 Å². The third-order valence-electron chi connectivity index (χ3n) is 3.52. The van der Waals surface area contributed by atoms with Crippen LogP contribution in [-0.4, -0.2) is 27.1 Å². The smallest absolute Gasteiger partial charge is 0.245 e. The number of benzene rings is 2. The number of carbonyl (C=O) groups excluding carboxylic acids is 1. The molecule has 0 unspecified atom stereocenters. The lowest BCUT2D eigenvalue weighted by Gasteiger charge is -2.22. The Morgan fingerprint density at radius 1 is 1.12 bits per heavy atom. The summed E-state index contributed by atoms with van der Waals surface area (Å²) >= 11 is 11.9. The van der Waals surface area contributed by atoms with E-state index in [2.05, 4.69) is 5.32 Å². The monoisotopic (exact) mass is 400 g/mol. The number of sulfonamides is 1. The molecule has 1 N–H and O–H groups in total. The van der Waals surface area contributed by atoms with Crippen LogP contribution in [0.2, 0.25) is 10.0 Å². The van der Waals surface area contributed by atoms with Crippen molar-refractivity contribution in [3.8, 4) is 0 Å². The largest absolute Gasteiger partial charge is 0.323 e. The zero-order valence-electron chi connectivity index (χ0n) is 13.8. The molecule has 0 saturated heterocycles. The number of aryl methyl sites for hydroxylation is 1. The van der Waals surface area contributed by atoms with Crippen LogP contribution in [0, 0.1) is 0 Å². The minimum absolute atomic E-state index is 0.316. The number of hydrogen-bond acceptors (Lipinski definition) is 3. The van der Waals surface area contributed by atoms with Crippen LogP contribution in [0.15, 0.2) is 42.5 Å². The van der Waals surface area contributed by atoms with Gasteiger partial charge >= 0.3 is 0 Å². The molecule has 2 aromatic carbocycles. The van der Waals surface area contributed by atoms with Crippen molar-refractivity contribution >= 4 is 50.5 Å². The Morgan fingerprint density at radius 2 is 1.76 bits per heavy atom. The minimum Gasteiger partial charge on any atom is -0.323 e. The van der Waals surface area contributed by atoms with Gasteiger partial charge in [0.2, 0.25) is 15.9 Å². The van der Waals surface area contributed by atoms with E-state index in [1.54, 1.807) is 24.3 Å². The molecule has 0 fully saturated rings. The molecule has 0 atom stereocenters. The highest BCUT2D eigenvalue weighted by atomic mass is 35.5. The molecule has 8 heteroatoms. The molecule has 0 saturated carbocycles. The molecular formula is C17H18Cl2N2O3S. The number of hydrogen-bond donors (Lipinski definition) is 1. The number of halogens is 2. The van der Waals surface area contributed by atoms with Crippen LogP contribution in [0.3, 0.4) is 0 Å². The van der Waals surface area contributed by atoms with Gasteiger partial charge in [0.25, 0.3) is 0 Å². The predicted molar refractivity (Wildman–Crippen MR) is 103 cm³/mol. The average molecular weight is 401 g/mol. The lowest BCUT2D eigenvalue weighted by molar-refractivity contribution is -0.114. The van der Waals surface area contributed by atoms with E-state index >= 15 is 0 Å². The first-order valence-corrected chi connectivity index (χ1v) is 10.1. The Hall–Kier alpha value is -1.76. The summed E-state index contributed by atoms with van der Waals surface area (Å²) in [7, 11) is -3.63. The van der Waals surface area contributed by atoms with Crippen molar-refractivity contribution in [2.45, 2.75) is 13.3 Å². The highest BCUT2D eigenvalue weighted by Gasteiger charge is 2.21. The molecule has 1 amide bonds. The zero-order valence-corrected chi connectivity index (χ0v) is 16.1. The van der Waals surface area contributed by atoms with Gasteiger partial charge < -0.3 is 5.32 Å². The van der Waals surface area contributed by atoms with Crippen LogP contribution in [0.25, 0.3) is 0 Å². The summed E-state index contributed by atoms with van der Waals surface area (Å²) in [6.45, 7) is 1.64. The Kier molecular flexibility index (Phi) is 6.32. The van der Waals surface area contributed by atoms with Crippen molar-refractivity contribution in [3.05, 3.63) is 58.1 Å². The number of rotatable bonds is 6. The molecule has 0 bridgehead atoms. The molecule has 25 heavy (non-hydrogen) atoms. The van der Waals surface area contributed by atoms with Crippen LogP contribution in [-0.2, 0) is 21.2 Å². The number of amides is 1. The second-order valence-electron chi connectivity index (χ2n) is 5.46. The maximum absolute atomic E-state index is 12.3. The molecular weight excluding hydrogens is 383 g/mol. The van der Waals surface area contributed by atoms with E-state index in [1.165, 1.54) is 6.07 Å².